The van der Waals surface area contributed by atoms with Gasteiger partial charge in [-0.15, -0.1) is 0 Å². The number of hydrogen-bond donors (Lipinski definition) is 0. The highest BCUT2D eigenvalue weighted by atomic mass is 16.5. The Morgan fingerprint density at radius 2 is 1.80 bits per heavy atom. The zero-order valence-corrected chi connectivity index (χ0v) is 12.1. The highest BCUT2D eigenvalue weighted by Gasteiger charge is 2.18. The highest BCUT2D eigenvalue weighted by Crippen LogP contribution is 2.21. The van der Waals surface area contributed by atoms with Gasteiger partial charge in [0.2, 0.25) is 0 Å². The lowest BCUT2D eigenvalue weighted by Crippen LogP contribution is -2.11. The van der Waals surface area contributed by atoms with Gasteiger partial charge < -0.3 is 18.8 Å². The van der Waals surface area contributed by atoms with Gasteiger partial charge >= 0.3 is 0 Å². The summed E-state index contributed by atoms with van der Waals surface area (Å²) in [7, 11) is 1.65. The van der Waals surface area contributed by atoms with Crippen molar-refractivity contribution >= 4 is 5.78 Å². The summed E-state index contributed by atoms with van der Waals surface area (Å²) < 4.78 is 17.7. The molecule has 20 heavy (non-hydrogen) atoms. The highest BCUT2D eigenvalue weighted by molar-refractivity contribution is 5.98. The van der Waals surface area contributed by atoms with E-state index in [0.717, 1.165) is 24.9 Å². The van der Waals surface area contributed by atoms with Crippen molar-refractivity contribution in [2.45, 2.75) is 25.8 Å². The largest absolute Gasteiger partial charge is 0.382 e. The number of fused-ring (bicyclic) bond motifs is 1. The van der Waals surface area contributed by atoms with Crippen molar-refractivity contribution in [2.24, 2.45) is 0 Å². The average molecular weight is 281 g/mol. The monoisotopic (exact) mass is 281 g/mol. The molecule has 0 unspecified atom stereocenters. The van der Waals surface area contributed by atoms with Gasteiger partial charge in [-0.2, -0.15) is 0 Å². The number of carbonyl (C=O) groups excluding carboxylic acids is 1. The number of nitrogens with zero attached hydrogens (tertiary/aromatic N) is 1. The summed E-state index contributed by atoms with van der Waals surface area (Å²) in [5.74, 6) is 0.275. The fraction of sp³-hybridized carbons (Fsp3) is 0.667. The standard InChI is InChI=1S/C15H23NO4/c1-18-7-8-20-10-9-19-6-5-16-11-13-3-2-4-15(17)14(13)12-16/h11-12H,2-10H2,1H3. The molecule has 112 valence electrons. The Morgan fingerprint density at radius 1 is 1.05 bits per heavy atom. The Balaban J connectivity index is 1.61. The first kappa shape index (κ1) is 15.2. The zero-order chi connectivity index (χ0) is 14.2. The van der Waals surface area contributed by atoms with E-state index >= 15 is 0 Å². The number of aryl methyl sites for hydroxylation is 1. The predicted molar refractivity (Wildman–Crippen MR) is 75.2 cm³/mol. The quantitative estimate of drug-likeness (QED) is 0.646. The van der Waals surface area contributed by atoms with Gasteiger partial charge in [-0.25, -0.2) is 0 Å². The van der Waals surface area contributed by atoms with Gasteiger partial charge in [0, 0.05) is 38.0 Å². The summed E-state index contributed by atoms with van der Waals surface area (Å²) in [5.41, 5.74) is 2.09. The first-order valence-corrected chi connectivity index (χ1v) is 7.17. The number of ketones is 1. The van der Waals surface area contributed by atoms with Gasteiger partial charge in [0.05, 0.1) is 33.0 Å². The van der Waals surface area contributed by atoms with Gasteiger partial charge in [0.25, 0.3) is 0 Å². The van der Waals surface area contributed by atoms with E-state index < -0.39 is 0 Å². The van der Waals surface area contributed by atoms with Crippen LogP contribution in [0.1, 0.15) is 28.8 Å². The maximum absolute atomic E-state index is 11.7. The molecular formula is C15H23NO4. The SMILES string of the molecule is COCCOCCOCCn1cc2c(c1)C(=O)CCC2. The molecule has 1 aliphatic rings. The summed E-state index contributed by atoms with van der Waals surface area (Å²) in [6.45, 7) is 3.80. The lowest BCUT2D eigenvalue weighted by atomic mass is 9.95. The molecule has 0 N–H and O–H groups in total. The average Bonchev–Trinajstić information content (AvgIpc) is 2.86. The minimum absolute atomic E-state index is 0.275. The van der Waals surface area contributed by atoms with Gasteiger partial charge in [-0.05, 0) is 18.4 Å². The van der Waals surface area contributed by atoms with Crippen molar-refractivity contribution in [3.63, 3.8) is 0 Å². The Bertz CT molecular complexity index is 428. The number of carbonyl (C=O) groups is 1. The molecular weight excluding hydrogens is 258 g/mol. The van der Waals surface area contributed by atoms with E-state index in [9.17, 15) is 4.79 Å². The van der Waals surface area contributed by atoms with Crippen molar-refractivity contribution in [3.05, 3.63) is 23.5 Å². The lowest BCUT2D eigenvalue weighted by molar-refractivity contribution is 0.0230. The maximum Gasteiger partial charge on any atom is 0.164 e. The van der Waals surface area contributed by atoms with Crippen LogP contribution in [0.5, 0.6) is 0 Å². The number of hydrogen-bond acceptors (Lipinski definition) is 4. The molecule has 0 atom stereocenters. The van der Waals surface area contributed by atoms with Crippen molar-refractivity contribution in [3.8, 4) is 0 Å². The van der Waals surface area contributed by atoms with E-state index in [1.54, 1.807) is 7.11 Å². The smallest absolute Gasteiger partial charge is 0.164 e. The molecule has 5 nitrogen and oxygen atoms in total. The van der Waals surface area contributed by atoms with E-state index in [1.165, 1.54) is 5.56 Å². The minimum Gasteiger partial charge on any atom is -0.382 e. The number of Topliss-reactive ketones (excluding diaryl/α,β-unsaturated/α-hetero) is 1. The van der Waals surface area contributed by atoms with Crippen LogP contribution in [-0.4, -0.2) is 50.5 Å². The Kier molecular flexibility index (Phi) is 6.24. The van der Waals surface area contributed by atoms with E-state index in [-0.39, 0.29) is 5.78 Å². The third-order valence-corrected chi connectivity index (χ3v) is 3.41. The van der Waals surface area contributed by atoms with Crippen molar-refractivity contribution in [2.75, 3.05) is 40.1 Å². The van der Waals surface area contributed by atoms with Crippen LogP contribution < -0.4 is 0 Å². The van der Waals surface area contributed by atoms with Crippen molar-refractivity contribution in [1.82, 2.24) is 4.57 Å². The van der Waals surface area contributed by atoms with Crippen LogP contribution in [0.4, 0.5) is 0 Å². The molecule has 0 spiro atoms. The van der Waals surface area contributed by atoms with Crippen LogP contribution in [0.2, 0.25) is 0 Å². The van der Waals surface area contributed by atoms with Gasteiger partial charge in [-0.1, -0.05) is 0 Å². The molecule has 1 aromatic rings. The number of aromatic nitrogens is 1. The van der Waals surface area contributed by atoms with Crippen LogP contribution >= 0.6 is 0 Å². The molecule has 2 rings (SSSR count). The Labute approximate surface area is 119 Å². The normalized spacial score (nSPS) is 14.6. The fourth-order valence-corrected chi connectivity index (χ4v) is 2.34. The lowest BCUT2D eigenvalue weighted by Gasteiger charge is -2.07. The number of rotatable bonds is 9. The molecule has 0 bridgehead atoms. The third kappa shape index (κ3) is 4.44. The Hall–Kier alpha value is -1.17. The van der Waals surface area contributed by atoms with Crippen LogP contribution in [0, 0.1) is 0 Å². The van der Waals surface area contributed by atoms with Crippen LogP contribution in [0.3, 0.4) is 0 Å². The molecule has 0 saturated carbocycles. The second kappa shape index (κ2) is 8.19. The van der Waals surface area contributed by atoms with Crippen LogP contribution in [0.15, 0.2) is 12.4 Å². The fourth-order valence-electron chi connectivity index (χ4n) is 2.34. The molecule has 1 aliphatic carbocycles. The second-order valence-electron chi connectivity index (χ2n) is 4.93. The molecule has 0 fully saturated rings. The number of ether oxygens (including phenoxy) is 3. The molecule has 0 amide bonds. The van der Waals surface area contributed by atoms with Crippen LogP contribution in [0.25, 0.3) is 0 Å². The molecule has 1 aromatic heterocycles. The molecule has 1 heterocycles. The van der Waals surface area contributed by atoms with Crippen molar-refractivity contribution in [1.29, 1.82) is 0 Å². The van der Waals surface area contributed by atoms with Crippen LogP contribution in [-0.2, 0) is 27.2 Å². The predicted octanol–water partition coefficient (Wildman–Crippen LogP) is 1.69. The summed E-state index contributed by atoms with van der Waals surface area (Å²) in [5, 5.41) is 0. The molecule has 0 radical (unpaired) electrons. The summed E-state index contributed by atoms with van der Waals surface area (Å²) >= 11 is 0. The summed E-state index contributed by atoms with van der Waals surface area (Å²) in [4.78, 5) is 11.7. The maximum atomic E-state index is 11.7. The first-order valence-electron chi connectivity index (χ1n) is 7.17. The van der Waals surface area contributed by atoms with E-state index in [1.807, 2.05) is 6.20 Å². The number of methoxy groups -OCH3 is 1. The van der Waals surface area contributed by atoms with E-state index in [0.29, 0.717) is 39.5 Å². The molecule has 5 heteroatoms. The van der Waals surface area contributed by atoms with E-state index in [4.69, 9.17) is 14.2 Å². The third-order valence-electron chi connectivity index (χ3n) is 3.41. The summed E-state index contributed by atoms with van der Waals surface area (Å²) in [6, 6.07) is 0. The second-order valence-corrected chi connectivity index (χ2v) is 4.93. The van der Waals surface area contributed by atoms with Gasteiger partial charge in [-0.3, -0.25) is 4.79 Å². The topological polar surface area (TPSA) is 49.7 Å². The first-order chi connectivity index (χ1) is 9.81. The molecule has 0 saturated heterocycles. The van der Waals surface area contributed by atoms with Gasteiger partial charge in [0.15, 0.2) is 5.78 Å². The minimum atomic E-state index is 0.275. The Morgan fingerprint density at radius 3 is 2.55 bits per heavy atom. The molecule has 0 aromatic carbocycles. The van der Waals surface area contributed by atoms with E-state index in [2.05, 4.69) is 10.8 Å². The van der Waals surface area contributed by atoms with Crippen molar-refractivity contribution < 1.29 is 19.0 Å². The zero-order valence-electron chi connectivity index (χ0n) is 12.1. The summed E-state index contributed by atoms with van der Waals surface area (Å²) in [6.07, 6.45) is 6.71. The molecule has 0 aliphatic heterocycles. The van der Waals surface area contributed by atoms with Gasteiger partial charge in [0.1, 0.15) is 0 Å².